The number of nitrogens with zero attached hydrogens (tertiary/aromatic N) is 3. The Hall–Kier alpha value is -2.67. The summed E-state index contributed by atoms with van der Waals surface area (Å²) in [5.74, 6) is -0.882. The van der Waals surface area contributed by atoms with Gasteiger partial charge in [0.2, 0.25) is 5.91 Å². The minimum atomic E-state index is -0.859. The van der Waals surface area contributed by atoms with Crippen molar-refractivity contribution < 1.29 is 14.7 Å². The number of rotatable bonds is 4. The number of hydrogen-bond donors (Lipinski definition) is 2. The van der Waals surface area contributed by atoms with E-state index in [1.54, 1.807) is 4.90 Å². The SMILES string of the molecule is CC(=O)N1C[C@H]2CN(Cc3cn[nH]c3-c3ccccc3)C[C@@]2(C(=O)O)C1. The predicted molar refractivity (Wildman–Crippen MR) is 95.1 cm³/mol. The topological polar surface area (TPSA) is 89.5 Å². The number of carbonyl (C=O) groups is 2. The molecule has 3 heterocycles. The van der Waals surface area contributed by atoms with Crippen molar-refractivity contribution in [3.05, 3.63) is 42.1 Å². The van der Waals surface area contributed by atoms with Crippen molar-refractivity contribution in [2.24, 2.45) is 11.3 Å². The number of hydrogen-bond acceptors (Lipinski definition) is 4. The van der Waals surface area contributed by atoms with Gasteiger partial charge in [-0.2, -0.15) is 5.10 Å². The van der Waals surface area contributed by atoms with Crippen molar-refractivity contribution >= 4 is 11.9 Å². The zero-order chi connectivity index (χ0) is 18.3. The van der Waals surface area contributed by atoms with Crippen molar-refractivity contribution in [1.82, 2.24) is 20.0 Å². The van der Waals surface area contributed by atoms with Gasteiger partial charge >= 0.3 is 5.97 Å². The summed E-state index contributed by atoms with van der Waals surface area (Å²) in [6, 6.07) is 9.99. The first-order valence-corrected chi connectivity index (χ1v) is 8.78. The van der Waals surface area contributed by atoms with Crippen LogP contribution in [-0.2, 0) is 16.1 Å². The van der Waals surface area contributed by atoms with E-state index in [0.29, 0.717) is 32.7 Å². The molecule has 0 saturated carbocycles. The number of H-pyrrole nitrogens is 1. The fraction of sp³-hybridized carbons (Fsp3) is 0.421. The van der Waals surface area contributed by atoms with Crippen molar-refractivity contribution in [3.8, 4) is 11.3 Å². The van der Waals surface area contributed by atoms with Gasteiger partial charge in [0.25, 0.3) is 0 Å². The average molecular weight is 354 g/mol. The molecular weight excluding hydrogens is 332 g/mol. The summed E-state index contributed by atoms with van der Waals surface area (Å²) < 4.78 is 0. The summed E-state index contributed by atoms with van der Waals surface area (Å²) in [5.41, 5.74) is 2.23. The molecule has 2 atom stereocenters. The van der Waals surface area contributed by atoms with E-state index in [-0.39, 0.29) is 11.8 Å². The molecule has 1 aromatic heterocycles. The fourth-order valence-corrected chi connectivity index (χ4v) is 4.36. The highest BCUT2D eigenvalue weighted by molar-refractivity contribution is 5.80. The lowest BCUT2D eigenvalue weighted by atomic mass is 9.81. The first-order chi connectivity index (χ1) is 12.5. The van der Waals surface area contributed by atoms with Gasteiger partial charge in [0.1, 0.15) is 5.41 Å². The van der Waals surface area contributed by atoms with Gasteiger partial charge < -0.3 is 10.0 Å². The average Bonchev–Trinajstić information content (AvgIpc) is 3.28. The monoisotopic (exact) mass is 354 g/mol. The molecule has 0 aliphatic carbocycles. The summed E-state index contributed by atoms with van der Waals surface area (Å²) in [6.45, 7) is 4.11. The quantitative estimate of drug-likeness (QED) is 0.867. The fourth-order valence-electron chi connectivity index (χ4n) is 4.36. The van der Waals surface area contributed by atoms with Gasteiger partial charge in [0, 0.05) is 51.1 Å². The Morgan fingerprint density at radius 2 is 2.04 bits per heavy atom. The van der Waals surface area contributed by atoms with Crippen LogP contribution in [0.1, 0.15) is 12.5 Å². The molecule has 7 heteroatoms. The maximum absolute atomic E-state index is 12.0. The molecule has 2 aromatic rings. The van der Waals surface area contributed by atoms with Crippen LogP contribution in [0.25, 0.3) is 11.3 Å². The van der Waals surface area contributed by atoms with E-state index in [2.05, 4.69) is 15.1 Å². The van der Waals surface area contributed by atoms with Crippen molar-refractivity contribution in [1.29, 1.82) is 0 Å². The Morgan fingerprint density at radius 1 is 1.27 bits per heavy atom. The highest BCUT2D eigenvalue weighted by Gasteiger charge is 2.58. The van der Waals surface area contributed by atoms with Gasteiger partial charge in [-0.05, 0) is 5.56 Å². The maximum atomic E-state index is 12.0. The van der Waals surface area contributed by atoms with Crippen LogP contribution in [0.4, 0.5) is 0 Å². The first-order valence-electron chi connectivity index (χ1n) is 8.78. The van der Waals surface area contributed by atoms with Crippen molar-refractivity contribution in [3.63, 3.8) is 0 Å². The lowest BCUT2D eigenvalue weighted by Crippen LogP contribution is -2.41. The Labute approximate surface area is 151 Å². The summed E-state index contributed by atoms with van der Waals surface area (Å²) in [6.07, 6.45) is 1.81. The number of aliphatic carboxylic acids is 1. The number of aromatic nitrogens is 2. The van der Waals surface area contributed by atoms with Gasteiger partial charge in [-0.15, -0.1) is 0 Å². The van der Waals surface area contributed by atoms with Gasteiger partial charge in [-0.1, -0.05) is 30.3 Å². The van der Waals surface area contributed by atoms with E-state index in [4.69, 9.17) is 0 Å². The highest BCUT2D eigenvalue weighted by Crippen LogP contribution is 2.43. The molecule has 136 valence electrons. The Kier molecular flexibility index (Phi) is 4.03. The molecule has 26 heavy (non-hydrogen) atoms. The van der Waals surface area contributed by atoms with Crippen molar-refractivity contribution in [2.75, 3.05) is 26.2 Å². The maximum Gasteiger partial charge on any atom is 0.313 e. The zero-order valence-electron chi connectivity index (χ0n) is 14.7. The lowest BCUT2D eigenvalue weighted by Gasteiger charge is -2.25. The van der Waals surface area contributed by atoms with Crippen LogP contribution in [-0.4, -0.2) is 63.2 Å². The molecule has 2 aliphatic rings. The van der Waals surface area contributed by atoms with Gasteiger partial charge in [-0.25, -0.2) is 0 Å². The minimum absolute atomic E-state index is 0.0315. The molecular formula is C19H22N4O3. The molecule has 0 radical (unpaired) electrons. The van der Waals surface area contributed by atoms with Gasteiger partial charge in [0.05, 0.1) is 11.9 Å². The first kappa shape index (κ1) is 16.8. The number of carboxylic acid groups (broad SMARTS) is 1. The lowest BCUT2D eigenvalue weighted by molar-refractivity contribution is -0.149. The molecule has 2 N–H and O–H groups in total. The summed E-state index contributed by atoms with van der Waals surface area (Å²) in [4.78, 5) is 27.6. The van der Waals surface area contributed by atoms with Crippen molar-refractivity contribution in [2.45, 2.75) is 13.5 Å². The second kappa shape index (κ2) is 6.25. The molecule has 2 saturated heterocycles. The molecule has 7 nitrogen and oxygen atoms in total. The van der Waals surface area contributed by atoms with Crippen LogP contribution in [0.2, 0.25) is 0 Å². The third-order valence-electron chi connectivity index (χ3n) is 5.73. The predicted octanol–water partition coefficient (Wildman–Crippen LogP) is 1.44. The molecule has 1 amide bonds. The Morgan fingerprint density at radius 3 is 2.69 bits per heavy atom. The smallest absolute Gasteiger partial charge is 0.313 e. The third kappa shape index (κ3) is 2.68. The normalized spacial score (nSPS) is 25.4. The third-order valence-corrected chi connectivity index (χ3v) is 5.73. The van der Waals surface area contributed by atoms with Crippen LogP contribution < -0.4 is 0 Å². The summed E-state index contributed by atoms with van der Waals surface area (Å²) in [5, 5.41) is 17.1. The van der Waals surface area contributed by atoms with Gasteiger partial charge in [0.15, 0.2) is 0 Å². The number of carbonyl (C=O) groups excluding carboxylic acids is 1. The van der Waals surface area contributed by atoms with Crippen LogP contribution in [0.15, 0.2) is 36.5 Å². The Balaban J connectivity index is 1.54. The molecule has 0 unspecified atom stereocenters. The number of amides is 1. The van der Waals surface area contributed by atoms with Crippen LogP contribution in [0.5, 0.6) is 0 Å². The van der Waals surface area contributed by atoms with Gasteiger partial charge in [-0.3, -0.25) is 19.6 Å². The second-order valence-electron chi connectivity index (χ2n) is 7.36. The van der Waals surface area contributed by atoms with E-state index in [9.17, 15) is 14.7 Å². The minimum Gasteiger partial charge on any atom is -0.481 e. The summed E-state index contributed by atoms with van der Waals surface area (Å²) in [7, 11) is 0. The molecule has 0 bridgehead atoms. The number of fused-ring (bicyclic) bond motifs is 1. The molecule has 4 rings (SSSR count). The molecule has 2 aliphatic heterocycles. The largest absolute Gasteiger partial charge is 0.481 e. The number of nitrogens with one attached hydrogen (secondary N) is 1. The van der Waals surface area contributed by atoms with E-state index >= 15 is 0 Å². The van der Waals surface area contributed by atoms with E-state index in [0.717, 1.165) is 16.8 Å². The molecule has 0 spiro atoms. The van der Waals surface area contributed by atoms with Crippen LogP contribution in [0.3, 0.4) is 0 Å². The highest BCUT2D eigenvalue weighted by atomic mass is 16.4. The second-order valence-corrected chi connectivity index (χ2v) is 7.36. The Bertz CT molecular complexity index is 834. The van der Waals surface area contributed by atoms with Crippen LogP contribution >= 0.6 is 0 Å². The van der Waals surface area contributed by atoms with E-state index < -0.39 is 11.4 Å². The molecule has 2 fully saturated rings. The van der Waals surface area contributed by atoms with E-state index in [1.165, 1.54) is 6.92 Å². The number of aromatic amines is 1. The number of carboxylic acids is 1. The standard InChI is InChI=1S/C19H22N4O3/c1-13(24)23-10-16-9-22(11-19(16,12-23)18(25)26)8-15-7-20-21-17(15)14-5-3-2-4-6-14/h2-7,16H,8-12H2,1H3,(H,20,21)(H,25,26)/t16-,19-/m1/s1. The van der Waals surface area contributed by atoms with E-state index in [1.807, 2.05) is 36.5 Å². The molecule has 1 aromatic carbocycles. The number of likely N-dealkylation sites (tertiary alicyclic amines) is 2. The number of benzene rings is 1. The van der Waals surface area contributed by atoms with Crippen LogP contribution in [0, 0.1) is 11.3 Å². The summed E-state index contributed by atoms with van der Waals surface area (Å²) >= 11 is 0. The zero-order valence-corrected chi connectivity index (χ0v) is 14.7.